The third-order valence-electron chi connectivity index (χ3n) is 4.23. The van der Waals surface area contributed by atoms with Crippen molar-refractivity contribution in [2.45, 2.75) is 12.8 Å². The largest absolute Gasteiger partial charge is 0.382 e. The van der Waals surface area contributed by atoms with Crippen molar-refractivity contribution < 1.29 is 14.4 Å². The molecule has 6 nitrogen and oxygen atoms in total. The number of aromatic amines is 1. The number of ether oxygens (including phenoxy) is 2. The Bertz CT molecular complexity index is 874. The highest BCUT2D eigenvalue weighted by atomic mass is 16.6. The van der Waals surface area contributed by atoms with Crippen LogP contribution in [0.4, 0.5) is 5.69 Å². The van der Waals surface area contributed by atoms with Crippen LogP contribution in [0.1, 0.15) is 12.0 Å². The molecule has 0 aliphatic carbocycles. The van der Waals surface area contributed by atoms with E-state index in [-0.39, 0.29) is 10.6 Å². The SMILES string of the molecule is COCCOCCCc1cc([N+](=O)[O-])c2[nH]c(-c3ccccc3)cc2c1. The molecular weight excluding hydrogens is 332 g/mol. The van der Waals surface area contributed by atoms with Crippen molar-refractivity contribution in [1.82, 2.24) is 4.98 Å². The number of non-ortho nitro benzene ring substituents is 1. The predicted octanol–water partition coefficient (Wildman–Crippen LogP) is 4.34. The topological polar surface area (TPSA) is 77.4 Å². The maximum Gasteiger partial charge on any atom is 0.293 e. The fraction of sp³-hybridized carbons (Fsp3) is 0.300. The van der Waals surface area contributed by atoms with E-state index in [1.54, 1.807) is 13.2 Å². The van der Waals surface area contributed by atoms with Gasteiger partial charge in [-0.15, -0.1) is 0 Å². The number of benzene rings is 2. The molecule has 0 aliphatic rings. The van der Waals surface area contributed by atoms with Gasteiger partial charge in [-0.25, -0.2) is 0 Å². The number of aromatic nitrogens is 1. The first-order chi connectivity index (χ1) is 12.7. The van der Waals surface area contributed by atoms with Gasteiger partial charge in [0.05, 0.1) is 18.1 Å². The average molecular weight is 354 g/mol. The number of nitrogens with one attached hydrogen (secondary N) is 1. The third kappa shape index (κ3) is 4.28. The summed E-state index contributed by atoms with van der Waals surface area (Å²) in [6, 6.07) is 15.4. The molecule has 0 atom stereocenters. The standard InChI is InChI=1S/C20H22N2O4/c1-25-10-11-26-9-5-6-15-12-17-14-18(16-7-3-2-4-8-16)21-20(17)19(13-15)22(23)24/h2-4,7-8,12-14,21H,5-6,9-11H2,1H3. The van der Waals surface area contributed by atoms with Crippen molar-refractivity contribution in [3.8, 4) is 11.3 Å². The zero-order valence-electron chi connectivity index (χ0n) is 14.7. The molecule has 1 aromatic heterocycles. The van der Waals surface area contributed by atoms with Crippen molar-refractivity contribution >= 4 is 16.6 Å². The summed E-state index contributed by atoms with van der Waals surface area (Å²) in [6.45, 7) is 1.74. The van der Waals surface area contributed by atoms with Gasteiger partial charge >= 0.3 is 0 Å². The van der Waals surface area contributed by atoms with Crippen LogP contribution in [0.2, 0.25) is 0 Å². The highest BCUT2D eigenvalue weighted by Crippen LogP contribution is 2.31. The van der Waals surface area contributed by atoms with E-state index in [1.165, 1.54) is 0 Å². The van der Waals surface area contributed by atoms with Crippen LogP contribution in [-0.4, -0.2) is 36.8 Å². The number of nitro groups is 1. The van der Waals surface area contributed by atoms with Gasteiger partial charge in [-0.2, -0.15) is 0 Å². The molecule has 26 heavy (non-hydrogen) atoms. The summed E-state index contributed by atoms with van der Waals surface area (Å²) in [5, 5.41) is 12.4. The number of nitro benzene ring substituents is 1. The minimum Gasteiger partial charge on any atom is -0.382 e. The molecular formula is C20H22N2O4. The molecule has 0 saturated carbocycles. The van der Waals surface area contributed by atoms with Gasteiger partial charge in [0.2, 0.25) is 0 Å². The zero-order chi connectivity index (χ0) is 18.4. The fourth-order valence-corrected chi connectivity index (χ4v) is 2.97. The van der Waals surface area contributed by atoms with Crippen LogP contribution in [0.15, 0.2) is 48.5 Å². The maximum absolute atomic E-state index is 11.5. The Morgan fingerprint density at radius 1 is 1.08 bits per heavy atom. The van der Waals surface area contributed by atoms with Crippen LogP contribution in [0.25, 0.3) is 22.2 Å². The summed E-state index contributed by atoms with van der Waals surface area (Å²) in [4.78, 5) is 14.4. The van der Waals surface area contributed by atoms with Crippen molar-refractivity contribution in [3.63, 3.8) is 0 Å². The van der Waals surface area contributed by atoms with Crippen LogP contribution in [0.3, 0.4) is 0 Å². The third-order valence-corrected chi connectivity index (χ3v) is 4.23. The van der Waals surface area contributed by atoms with E-state index in [1.807, 2.05) is 42.5 Å². The molecule has 1 heterocycles. The second-order valence-electron chi connectivity index (χ2n) is 6.09. The number of hydrogen-bond acceptors (Lipinski definition) is 4. The lowest BCUT2D eigenvalue weighted by Crippen LogP contribution is -2.04. The number of nitrogens with zero attached hydrogens (tertiary/aromatic N) is 1. The number of hydrogen-bond donors (Lipinski definition) is 1. The number of H-pyrrole nitrogens is 1. The van der Waals surface area contributed by atoms with E-state index in [0.717, 1.165) is 35.0 Å². The van der Waals surface area contributed by atoms with E-state index >= 15 is 0 Å². The summed E-state index contributed by atoms with van der Waals surface area (Å²) in [6.07, 6.45) is 1.54. The molecule has 136 valence electrons. The van der Waals surface area contributed by atoms with Crippen LogP contribution < -0.4 is 0 Å². The molecule has 0 radical (unpaired) electrons. The molecule has 3 rings (SSSR count). The van der Waals surface area contributed by atoms with Crippen LogP contribution in [0, 0.1) is 10.1 Å². The van der Waals surface area contributed by atoms with E-state index in [0.29, 0.717) is 25.3 Å². The lowest BCUT2D eigenvalue weighted by molar-refractivity contribution is -0.383. The molecule has 3 aromatic rings. The van der Waals surface area contributed by atoms with E-state index in [2.05, 4.69) is 4.98 Å². The number of methoxy groups -OCH3 is 1. The van der Waals surface area contributed by atoms with Gasteiger partial charge in [0.25, 0.3) is 5.69 Å². The van der Waals surface area contributed by atoms with Crippen molar-refractivity contribution in [2.75, 3.05) is 26.9 Å². The Morgan fingerprint density at radius 3 is 2.62 bits per heavy atom. The van der Waals surface area contributed by atoms with E-state index < -0.39 is 0 Å². The number of rotatable bonds is 9. The predicted molar refractivity (Wildman–Crippen MR) is 101 cm³/mol. The molecule has 0 amide bonds. The Kier molecular flexibility index (Phi) is 5.99. The molecule has 0 saturated heterocycles. The first-order valence-corrected chi connectivity index (χ1v) is 8.61. The van der Waals surface area contributed by atoms with E-state index in [9.17, 15) is 10.1 Å². The highest BCUT2D eigenvalue weighted by molar-refractivity contribution is 5.93. The first-order valence-electron chi connectivity index (χ1n) is 8.61. The summed E-state index contributed by atoms with van der Waals surface area (Å²) in [5.74, 6) is 0. The molecule has 1 N–H and O–H groups in total. The maximum atomic E-state index is 11.5. The average Bonchev–Trinajstić information content (AvgIpc) is 3.08. The Labute approximate surface area is 151 Å². The van der Waals surface area contributed by atoms with Crippen LogP contribution >= 0.6 is 0 Å². The summed E-state index contributed by atoms with van der Waals surface area (Å²) in [7, 11) is 1.64. The second kappa shape index (κ2) is 8.60. The second-order valence-corrected chi connectivity index (χ2v) is 6.09. The quantitative estimate of drug-likeness (QED) is 0.352. The minimum atomic E-state index is -0.327. The number of fused-ring (bicyclic) bond motifs is 1. The highest BCUT2D eigenvalue weighted by Gasteiger charge is 2.17. The molecule has 6 heteroatoms. The Morgan fingerprint density at radius 2 is 1.88 bits per heavy atom. The van der Waals surface area contributed by atoms with Gasteiger partial charge in [-0.3, -0.25) is 10.1 Å². The van der Waals surface area contributed by atoms with Gasteiger partial charge in [-0.1, -0.05) is 30.3 Å². The minimum absolute atomic E-state index is 0.111. The van der Waals surface area contributed by atoms with Gasteiger partial charge in [0.15, 0.2) is 0 Å². The fourth-order valence-electron chi connectivity index (χ4n) is 2.97. The molecule has 0 bridgehead atoms. The van der Waals surface area contributed by atoms with Crippen LogP contribution in [-0.2, 0) is 15.9 Å². The molecule has 0 aliphatic heterocycles. The van der Waals surface area contributed by atoms with Gasteiger partial charge in [0, 0.05) is 30.9 Å². The molecule has 2 aromatic carbocycles. The Balaban J connectivity index is 1.81. The monoisotopic (exact) mass is 354 g/mol. The first kappa shape index (κ1) is 18.1. The lowest BCUT2D eigenvalue weighted by Gasteiger charge is -2.05. The van der Waals surface area contributed by atoms with Gasteiger partial charge in [-0.05, 0) is 36.1 Å². The van der Waals surface area contributed by atoms with Crippen molar-refractivity contribution in [1.29, 1.82) is 0 Å². The van der Waals surface area contributed by atoms with E-state index in [4.69, 9.17) is 9.47 Å². The summed E-state index contributed by atoms with van der Waals surface area (Å²) in [5.41, 5.74) is 3.50. The molecule has 0 unspecified atom stereocenters. The smallest absolute Gasteiger partial charge is 0.293 e. The summed E-state index contributed by atoms with van der Waals surface area (Å²) >= 11 is 0. The van der Waals surface area contributed by atoms with Gasteiger partial charge < -0.3 is 14.5 Å². The lowest BCUT2D eigenvalue weighted by atomic mass is 10.1. The summed E-state index contributed by atoms with van der Waals surface area (Å²) < 4.78 is 10.4. The Hall–Kier alpha value is -2.70. The molecule has 0 spiro atoms. The zero-order valence-corrected chi connectivity index (χ0v) is 14.7. The van der Waals surface area contributed by atoms with Gasteiger partial charge in [0.1, 0.15) is 5.52 Å². The normalized spacial score (nSPS) is 11.1. The van der Waals surface area contributed by atoms with Crippen LogP contribution in [0.5, 0.6) is 0 Å². The molecule has 0 fully saturated rings. The van der Waals surface area contributed by atoms with Crippen molar-refractivity contribution in [2.24, 2.45) is 0 Å². The number of aryl methyl sites for hydroxylation is 1. The van der Waals surface area contributed by atoms with Crippen molar-refractivity contribution in [3.05, 3.63) is 64.2 Å².